The van der Waals surface area contributed by atoms with Gasteiger partial charge in [-0.05, 0) is 74.4 Å². The Morgan fingerprint density at radius 3 is 2.75 bits per heavy atom. The Morgan fingerprint density at radius 2 is 2.00 bits per heavy atom. The average Bonchev–Trinajstić information content (AvgIpc) is 2.94. The minimum absolute atomic E-state index is 0.704. The van der Waals surface area contributed by atoms with E-state index in [0.717, 1.165) is 10.8 Å². The first-order valence-electron chi connectivity index (χ1n) is 7.26. The fraction of sp³-hybridized carbons (Fsp3) is 0.412. The van der Waals surface area contributed by atoms with Crippen LogP contribution in [0.5, 0.6) is 5.75 Å². The summed E-state index contributed by atoms with van der Waals surface area (Å²) < 4.78 is 5.68. The van der Waals surface area contributed by atoms with Crippen LogP contribution in [0.25, 0.3) is 11.1 Å². The number of fused-ring (bicyclic) bond motifs is 1. The molecule has 106 valence electrons. The van der Waals surface area contributed by atoms with Crippen LogP contribution in [0.1, 0.15) is 34.9 Å². The minimum Gasteiger partial charge on any atom is -0.494 e. The second-order valence-corrected chi connectivity index (χ2v) is 6.60. The van der Waals surface area contributed by atoms with Crippen LogP contribution >= 0.6 is 11.3 Å². The summed E-state index contributed by atoms with van der Waals surface area (Å²) in [4.78, 5) is 1.49. The molecule has 0 fully saturated rings. The van der Waals surface area contributed by atoms with Crippen molar-refractivity contribution in [3.8, 4) is 16.9 Å². The lowest BCUT2D eigenvalue weighted by Crippen LogP contribution is -1.97. The van der Waals surface area contributed by atoms with Gasteiger partial charge in [-0.2, -0.15) is 0 Å². The molecule has 0 unspecified atom stereocenters. The fourth-order valence-corrected chi connectivity index (χ4v) is 4.27. The van der Waals surface area contributed by atoms with Gasteiger partial charge < -0.3 is 10.5 Å². The molecule has 0 aliphatic heterocycles. The van der Waals surface area contributed by atoms with Gasteiger partial charge in [-0.3, -0.25) is 0 Å². The van der Waals surface area contributed by atoms with Crippen LogP contribution in [0, 0.1) is 13.8 Å². The zero-order valence-electron chi connectivity index (χ0n) is 12.4. The van der Waals surface area contributed by atoms with Crippen molar-refractivity contribution in [3.05, 3.63) is 33.7 Å². The summed E-state index contributed by atoms with van der Waals surface area (Å²) in [6.07, 6.45) is 3.63. The van der Waals surface area contributed by atoms with Crippen LogP contribution < -0.4 is 10.5 Å². The number of thiophene rings is 1. The average molecular weight is 287 g/mol. The number of hydrogen-bond donors (Lipinski definition) is 1. The molecule has 3 heteroatoms. The van der Waals surface area contributed by atoms with E-state index in [4.69, 9.17) is 10.5 Å². The van der Waals surface area contributed by atoms with E-state index >= 15 is 0 Å². The summed E-state index contributed by atoms with van der Waals surface area (Å²) in [6, 6.07) is 4.38. The molecule has 0 spiro atoms. The largest absolute Gasteiger partial charge is 0.494 e. The minimum atomic E-state index is 0.704. The summed E-state index contributed by atoms with van der Waals surface area (Å²) in [6.45, 7) is 6.98. The van der Waals surface area contributed by atoms with E-state index in [9.17, 15) is 0 Å². The van der Waals surface area contributed by atoms with Crippen molar-refractivity contribution in [1.82, 2.24) is 0 Å². The maximum atomic E-state index is 6.29. The molecule has 1 aromatic heterocycles. The fourth-order valence-electron chi connectivity index (χ4n) is 3.09. The second-order valence-electron chi connectivity index (χ2n) is 5.46. The van der Waals surface area contributed by atoms with Crippen LogP contribution in [-0.4, -0.2) is 6.61 Å². The number of nitrogen functional groups attached to an aromatic ring is 1. The number of ether oxygens (including phenoxy) is 1. The number of rotatable bonds is 3. The van der Waals surface area contributed by atoms with E-state index in [1.54, 1.807) is 11.3 Å². The molecule has 3 rings (SSSR count). The van der Waals surface area contributed by atoms with Gasteiger partial charge >= 0.3 is 0 Å². The highest BCUT2D eigenvalue weighted by Crippen LogP contribution is 2.45. The summed E-state index contributed by atoms with van der Waals surface area (Å²) in [5, 5.41) is 0.973. The molecule has 2 aromatic rings. The lowest BCUT2D eigenvalue weighted by atomic mass is 9.95. The molecule has 0 saturated carbocycles. The lowest BCUT2D eigenvalue weighted by Gasteiger charge is -2.13. The number of anilines is 1. The summed E-state index contributed by atoms with van der Waals surface area (Å²) in [5.41, 5.74) is 12.8. The molecular weight excluding hydrogens is 266 g/mol. The number of aryl methyl sites for hydroxylation is 3. The SMILES string of the molecule is CCOc1cc(C)c(-c2c(N)sc3c2CCC3)cc1C. The van der Waals surface area contributed by atoms with Gasteiger partial charge in [0.1, 0.15) is 5.75 Å². The zero-order chi connectivity index (χ0) is 14.3. The maximum absolute atomic E-state index is 6.29. The van der Waals surface area contributed by atoms with Crippen molar-refractivity contribution < 1.29 is 4.74 Å². The van der Waals surface area contributed by atoms with Crippen molar-refractivity contribution in [2.45, 2.75) is 40.0 Å². The molecule has 20 heavy (non-hydrogen) atoms. The van der Waals surface area contributed by atoms with E-state index in [1.165, 1.54) is 52.0 Å². The third kappa shape index (κ3) is 2.10. The monoisotopic (exact) mass is 287 g/mol. The van der Waals surface area contributed by atoms with E-state index in [-0.39, 0.29) is 0 Å². The van der Waals surface area contributed by atoms with Crippen molar-refractivity contribution in [2.24, 2.45) is 0 Å². The molecule has 1 aliphatic rings. The molecule has 0 saturated heterocycles. The van der Waals surface area contributed by atoms with Crippen LogP contribution in [0.3, 0.4) is 0 Å². The smallest absolute Gasteiger partial charge is 0.122 e. The highest BCUT2D eigenvalue weighted by molar-refractivity contribution is 7.16. The summed E-state index contributed by atoms with van der Waals surface area (Å²) >= 11 is 1.77. The van der Waals surface area contributed by atoms with Gasteiger partial charge in [0.05, 0.1) is 11.6 Å². The molecule has 1 heterocycles. The van der Waals surface area contributed by atoms with Gasteiger partial charge in [0.15, 0.2) is 0 Å². The highest BCUT2D eigenvalue weighted by atomic mass is 32.1. The molecular formula is C17H21NOS. The second kappa shape index (κ2) is 5.13. The van der Waals surface area contributed by atoms with E-state index in [0.29, 0.717) is 6.61 Å². The van der Waals surface area contributed by atoms with Crippen LogP contribution in [0.2, 0.25) is 0 Å². The Bertz CT molecular complexity index is 657. The van der Waals surface area contributed by atoms with Crippen molar-refractivity contribution in [1.29, 1.82) is 0 Å². The Labute approximate surface area is 124 Å². The molecule has 0 bridgehead atoms. The quantitative estimate of drug-likeness (QED) is 0.902. The first-order chi connectivity index (χ1) is 9.61. The molecule has 1 aliphatic carbocycles. The normalized spacial score (nSPS) is 13.6. The third-order valence-electron chi connectivity index (χ3n) is 4.04. The summed E-state index contributed by atoms with van der Waals surface area (Å²) in [5.74, 6) is 0.985. The van der Waals surface area contributed by atoms with Crippen molar-refractivity contribution in [2.75, 3.05) is 12.3 Å². The standard InChI is InChI=1S/C17H21NOS/c1-4-19-14-9-10(2)13(8-11(14)3)16-12-6-5-7-15(12)20-17(16)18/h8-9H,4-7,18H2,1-3H3. The predicted octanol–water partition coefficient (Wildman–Crippen LogP) is 4.50. The van der Waals surface area contributed by atoms with E-state index in [1.807, 2.05) is 6.92 Å². The zero-order valence-corrected chi connectivity index (χ0v) is 13.2. The van der Waals surface area contributed by atoms with Crippen molar-refractivity contribution >= 4 is 16.3 Å². The van der Waals surface area contributed by atoms with Gasteiger partial charge in [0.25, 0.3) is 0 Å². The number of benzene rings is 1. The number of hydrogen-bond acceptors (Lipinski definition) is 3. The first-order valence-corrected chi connectivity index (χ1v) is 8.08. The Morgan fingerprint density at radius 1 is 1.20 bits per heavy atom. The third-order valence-corrected chi connectivity index (χ3v) is 5.16. The van der Waals surface area contributed by atoms with Gasteiger partial charge in [-0.25, -0.2) is 0 Å². The van der Waals surface area contributed by atoms with Crippen LogP contribution in [-0.2, 0) is 12.8 Å². The molecule has 1 aromatic carbocycles. The van der Waals surface area contributed by atoms with E-state index < -0.39 is 0 Å². The first kappa shape index (κ1) is 13.5. The Balaban J connectivity index is 2.13. The predicted molar refractivity (Wildman–Crippen MR) is 86.8 cm³/mol. The van der Waals surface area contributed by atoms with E-state index in [2.05, 4.69) is 26.0 Å². The molecule has 0 radical (unpaired) electrons. The molecule has 0 atom stereocenters. The van der Waals surface area contributed by atoms with Gasteiger partial charge in [0, 0.05) is 10.4 Å². The Kier molecular flexibility index (Phi) is 3.47. The van der Waals surface area contributed by atoms with Gasteiger partial charge in [0.2, 0.25) is 0 Å². The Hall–Kier alpha value is -1.48. The molecule has 2 N–H and O–H groups in total. The lowest BCUT2D eigenvalue weighted by molar-refractivity contribution is 0.337. The van der Waals surface area contributed by atoms with Gasteiger partial charge in [-0.15, -0.1) is 11.3 Å². The number of nitrogens with two attached hydrogens (primary N) is 1. The van der Waals surface area contributed by atoms with Crippen molar-refractivity contribution in [3.63, 3.8) is 0 Å². The maximum Gasteiger partial charge on any atom is 0.122 e. The topological polar surface area (TPSA) is 35.2 Å². The molecule has 2 nitrogen and oxygen atoms in total. The van der Waals surface area contributed by atoms with Gasteiger partial charge in [-0.1, -0.05) is 0 Å². The van der Waals surface area contributed by atoms with Crippen LogP contribution in [0.4, 0.5) is 5.00 Å². The van der Waals surface area contributed by atoms with Crippen LogP contribution in [0.15, 0.2) is 12.1 Å². The molecule has 0 amide bonds. The summed E-state index contributed by atoms with van der Waals surface area (Å²) in [7, 11) is 0. The highest BCUT2D eigenvalue weighted by Gasteiger charge is 2.23.